The molecule has 132 valence electrons. The fraction of sp³-hybridized carbons (Fsp3) is 0.632. The van der Waals surface area contributed by atoms with Crippen molar-refractivity contribution >= 4 is 29.9 Å². The molecule has 2 saturated carbocycles. The fourth-order valence-electron chi connectivity index (χ4n) is 4.66. The molecule has 1 aromatic rings. The molecule has 3 aliphatic rings. The van der Waals surface area contributed by atoms with Crippen LogP contribution in [0.4, 0.5) is 0 Å². The Kier molecular flexibility index (Phi) is 5.39. The molecule has 1 aliphatic heterocycles. The molecule has 1 N–H and O–H groups in total. The molecular formula is C19H28IN3O. The summed E-state index contributed by atoms with van der Waals surface area (Å²) in [6.07, 6.45) is 5.68. The molecule has 3 fully saturated rings. The van der Waals surface area contributed by atoms with Gasteiger partial charge in [0.25, 0.3) is 0 Å². The maximum atomic E-state index is 6.02. The first-order valence-corrected chi connectivity index (χ1v) is 8.84. The van der Waals surface area contributed by atoms with Gasteiger partial charge in [0, 0.05) is 38.1 Å². The van der Waals surface area contributed by atoms with Crippen LogP contribution in [0.2, 0.25) is 0 Å². The fourth-order valence-corrected chi connectivity index (χ4v) is 4.66. The van der Waals surface area contributed by atoms with E-state index in [1.54, 1.807) is 0 Å². The zero-order valence-corrected chi connectivity index (χ0v) is 16.9. The van der Waals surface area contributed by atoms with Crippen LogP contribution in [0.15, 0.2) is 35.3 Å². The van der Waals surface area contributed by atoms with Crippen LogP contribution in [0.5, 0.6) is 0 Å². The van der Waals surface area contributed by atoms with E-state index in [1.165, 1.54) is 31.2 Å². The molecule has 1 aromatic carbocycles. The molecular weight excluding hydrogens is 413 g/mol. The molecule has 1 spiro atoms. The second-order valence-corrected chi connectivity index (χ2v) is 7.47. The lowest BCUT2D eigenvalue weighted by Crippen LogP contribution is -2.72. The van der Waals surface area contributed by atoms with Crippen LogP contribution < -0.4 is 5.32 Å². The quantitative estimate of drug-likeness (QED) is 0.445. The Morgan fingerprint density at radius 1 is 1.29 bits per heavy atom. The number of fused-ring (bicyclic) bond motifs is 2. The standard InChI is InChI=1S/C19H27N3O.HI/c1-22(2)18(20-13-14-7-4-3-5-8-14)21-16-15-9-12-23-17(15)19(16)10-6-11-19;/h3-5,7-8,15-17H,6,9-13H2,1-2H3,(H,20,21);1H. The molecule has 1 heterocycles. The van der Waals surface area contributed by atoms with Crippen LogP contribution in [0.3, 0.4) is 0 Å². The minimum atomic E-state index is 0. The summed E-state index contributed by atoms with van der Waals surface area (Å²) in [6.45, 7) is 1.67. The summed E-state index contributed by atoms with van der Waals surface area (Å²) < 4.78 is 6.02. The van der Waals surface area contributed by atoms with E-state index in [0.29, 0.717) is 23.5 Å². The SMILES string of the molecule is CN(C)C(=NCc1ccccc1)NC1C2CCOC2C12CCC2.I. The van der Waals surface area contributed by atoms with Crippen LogP contribution in [0.25, 0.3) is 0 Å². The lowest BCUT2D eigenvalue weighted by atomic mass is 9.46. The van der Waals surface area contributed by atoms with Crippen LogP contribution >= 0.6 is 24.0 Å². The first-order valence-electron chi connectivity index (χ1n) is 8.84. The van der Waals surface area contributed by atoms with E-state index in [4.69, 9.17) is 9.73 Å². The third-order valence-corrected chi connectivity index (χ3v) is 6.00. The minimum Gasteiger partial charge on any atom is -0.377 e. The van der Waals surface area contributed by atoms with Gasteiger partial charge in [0.05, 0.1) is 12.6 Å². The van der Waals surface area contributed by atoms with Gasteiger partial charge in [0.2, 0.25) is 0 Å². The van der Waals surface area contributed by atoms with E-state index in [0.717, 1.165) is 19.1 Å². The van der Waals surface area contributed by atoms with E-state index in [1.807, 2.05) is 6.07 Å². The van der Waals surface area contributed by atoms with Gasteiger partial charge in [-0.05, 0) is 24.8 Å². The van der Waals surface area contributed by atoms with E-state index in [2.05, 4.69) is 48.6 Å². The highest BCUT2D eigenvalue weighted by Gasteiger charge is 2.66. The number of nitrogens with zero attached hydrogens (tertiary/aromatic N) is 2. The van der Waals surface area contributed by atoms with Crippen LogP contribution in [0, 0.1) is 11.3 Å². The number of hydrogen-bond acceptors (Lipinski definition) is 2. The Balaban J connectivity index is 0.00000169. The van der Waals surface area contributed by atoms with Gasteiger partial charge in [-0.2, -0.15) is 0 Å². The summed E-state index contributed by atoms with van der Waals surface area (Å²) in [5, 5.41) is 3.78. The number of rotatable bonds is 3. The molecule has 3 atom stereocenters. The van der Waals surface area contributed by atoms with E-state index in [9.17, 15) is 0 Å². The largest absolute Gasteiger partial charge is 0.377 e. The highest BCUT2D eigenvalue weighted by atomic mass is 127. The van der Waals surface area contributed by atoms with Crippen molar-refractivity contribution in [2.75, 3.05) is 20.7 Å². The summed E-state index contributed by atoms with van der Waals surface area (Å²) in [5.74, 6) is 1.69. The van der Waals surface area contributed by atoms with Gasteiger partial charge in [-0.15, -0.1) is 24.0 Å². The molecule has 4 rings (SSSR count). The smallest absolute Gasteiger partial charge is 0.193 e. The van der Waals surface area contributed by atoms with Gasteiger partial charge in [-0.3, -0.25) is 0 Å². The molecule has 2 aliphatic carbocycles. The molecule has 0 amide bonds. The normalized spacial score (nSPS) is 29.9. The average Bonchev–Trinajstić information content (AvgIpc) is 2.91. The summed E-state index contributed by atoms with van der Waals surface area (Å²) >= 11 is 0. The second kappa shape index (κ2) is 7.20. The number of nitrogens with one attached hydrogen (secondary N) is 1. The molecule has 3 unspecified atom stereocenters. The van der Waals surface area contributed by atoms with Gasteiger partial charge >= 0.3 is 0 Å². The van der Waals surface area contributed by atoms with E-state index in [-0.39, 0.29) is 24.0 Å². The zero-order valence-electron chi connectivity index (χ0n) is 14.6. The molecule has 0 radical (unpaired) electrons. The van der Waals surface area contributed by atoms with Crippen LogP contribution in [-0.4, -0.2) is 43.7 Å². The summed E-state index contributed by atoms with van der Waals surface area (Å²) in [6, 6.07) is 11.0. The van der Waals surface area contributed by atoms with Crippen LogP contribution in [-0.2, 0) is 11.3 Å². The predicted molar refractivity (Wildman–Crippen MR) is 108 cm³/mol. The van der Waals surface area contributed by atoms with Crippen molar-refractivity contribution in [2.24, 2.45) is 16.3 Å². The average molecular weight is 441 g/mol. The Hall–Kier alpha value is -0.820. The van der Waals surface area contributed by atoms with Crippen molar-refractivity contribution in [2.45, 2.75) is 44.4 Å². The van der Waals surface area contributed by atoms with Gasteiger partial charge < -0.3 is 15.0 Å². The molecule has 5 heteroatoms. The Bertz CT molecular complexity index is 586. The van der Waals surface area contributed by atoms with Crippen molar-refractivity contribution in [3.05, 3.63) is 35.9 Å². The van der Waals surface area contributed by atoms with Gasteiger partial charge in [-0.1, -0.05) is 36.8 Å². The number of benzene rings is 1. The Labute approximate surface area is 162 Å². The number of aliphatic imine (C=N–C) groups is 1. The van der Waals surface area contributed by atoms with E-state index < -0.39 is 0 Å². The van der Waals surface area contributed by atoms with Crippen molar-refractivity contribution in [1.29, 1.82) is 0 Å². The van der Waals surface area contributed by atoms with Crippen molar-refractivity contribution in [3.8, 4) is 0 Å². The molecule has 24 heavy (non-hydrogen) atoms. The second-order valence-electron chi connectivity index (χ2n) is 7.47. The van der Waals surface area contributed by atoms with Crippen LogP contribution in [0.1, 0.15) is 31.2 Å². The van der Waals surface area contributed by atoms with E-state index >= 15 is 0 Å². The minimum absolute atomic E-state index is 0. The number of guanidine groups is 1. The first-order chi connectivity index (χ1) is 11.2. The highest BCUT2D eigenvalue weighted by Crippen LogP contribution is 2.62. The molecule has 0 bridgehead atoms. The summed E-state index contributed by atoms with van der Waals surface area (Å²) in [5.41, 5.74) is 1.65. The van der Waals surface area contributed by atoms with Crippen molar-refractivity contribution in [3.63, 3.8) is 0 Å². The molecule has 0 aromatic heterocycles. The number of ether oxygens (including phenoxy) is 1. The summed E-state index contributed by atoms with van der Waals surface area (Å²) in [7, 11) is 4.15. The lowest BCUT2D eigenvalue weighted by molar-refractivity contribution is -0.171. The van der Waals surface area contributed by atoms with Crippen molar-refractivity contribution < 1.29 is 4.74 Å². The maximum absolute atomic E-state index is 6.02. The Morgan fingerprint density at radius 3 is 2.67 bits per heavy atom. The highest BCUT2D eigenvalue weighted by molar-refractivity contribution is 14.0. The third kappa shape index (κ3) is 2.94. The molecule has 1 saturated heterocycles. The van der Waals surface area contributed by atoms with Gasteiger partial charge in [-0.25, -0.2) is 4.99 Å². The first kappa shape index (κ1) is 18.0. The monoisotopic (exact) mass is 441 g/mol. The molecule has 4 nitrogen and oxygen atoms in total. The summed E-state index contributed by atoms with van der Waals surface area (Å²) in [4.78, 5) is 6.95. The van der Waals surface area contributed by atoms with Gasteiger partial charge in [0.1, 0.15) is 0 Å². The zero-order chi connectivity index (χ0) is 15.9. The predicted octanol–water partition coefficient (Wildman–Crippen LogP) is 3.27. The lowest BCUT2D eigenvalue weighted by Gasteiger charge is -2.63. The Morgan fingerprint density at radius 2 is 2.04 bits per heavy atom. The third-order valence-electron chi connectivity index (χ3n) is 6.00. The topological polar surface area (TPSA) is 36.9 Å². The van der Waals surface area contributed by atoms with Gasteiger partial charge in [0.15, 0.2) is 5.96 Å². The number of hydrogen-bond donors (Lipinski definition) is 1. The maximum Gasteiger partial charge on any atom is 0.193 e. The number of halogens is 1. The van der Waals surface area contributed by atoms with Crippen molar-refractivity contribution in [1.82, 2.24) is 10.2 Å².